The zero-order valence-electron chi connectivity index (χ0n) is 17.7. The molecule has 180 valence electrons. The average Bonchev–Trinajstić information content (AvgIpc) is 3.19. The van der Waals surface area contributed by atoms with Crippen LogP contribution >= 0.6 is 11.3 Å². The standard InChI is InChI=1S/C19H25F2N3O6S2.H2/c1-24(32(3,28)29)19-23-15(10-31-19)18(27)22-14(17(26)16(25)4-5-30-2)8-11-6-12(20)9-13(21)7-11;/h6-7,9-10,14,16-17,25-26H,4-5,8H2,1-3H3,(H,22,27);1H. The molecule has 0 aliphatic heterocycles. The van der Waals surface area contributed by atoms with Crippen molar-refractivity contribution >= 4 is 32.4 Å². The Kier molecular flexibility index (Phi) is 9.04. The van der Waals surface area contributed by atoms with Gasteiger partial charge in [-0.15, -0.1) is 11.3 Å². The van der Waals surface area contributed by atoms with Gasteiger partial charge in [0, 0.05) is 33.6 Å². The van der Waals surface area contributed by atoms with E-state index in [-0.39, 0.29) is 37.3 Å². The quantitative estimate of drug-likeness (QED) is 0.427. The molecule has 1 aromatic carbocycles. The molecule has 0 saturated heterocycles. The second-order valence-electron chi connectivity index (χ2n) is 7.15. The molecule has 0 spiro atoms. The maximum absolute atomic E-state index is 13.6. The van der Waals surface area contributed by atoms with Gasteiger partial charge >= 0.3 is 0 Å². The largest absolute Gasteiger partial charge is 0.390 e. The third-order valence-electron chi connectivity index (χ3n) is 4.61. The van der Waals surface area contributed by atoms with E-state index in [1.165, 1.54) is 19.5 Å². The summed E-state index contributed by atoms with van der Waals surface area (Å²) in [5.74, 6) is -2.41. The van der Waals surface area contributed by atoms with E-state index in [9.17, 15) is 32.2 Å². The van der Waals surface area contributed by atoms with E-state index >= 15 is 0 Å². The molecule has 3 unspecified atom stereocenters. The Bertz CT molecular complexity index is 1020. The summed E-state index contributed by atoms with van der Waals surface area (Å²) < 4.78 is 56.3. The van der Waals surface area contributed by atoms with Crippen molar-refractivity contribution in [2.24, 2.45) is 0 Å². The number of aliphatic hydroxyl groups excluding tert-OH is 2. The van der Waals surface area contributed by atoms with Crippen molar-refractivity contribution in [3.05, 3.63) is 46.5 Å². The Morgan fingerprint density at radius 1 is 1.31 bits per heavy atom. The number of nitrogens with zero attached hydrogens (tertiary/aromatic N) is 2. The number of anilines is 1. The molecule has 32 heavy (non-hydrogen) atoms. The fraction of sp³-hybridized carbons (Fsp3) is 0.474. The van der Waals surface area contributed by atoms with Crippen LogP contribution in [0.2, 0.25) is 0 Å². The summed E-state index contributed by atoms with van der Waals surface area (Å²) in [5, 5.41) is 24.7. The van der Waals surface area contributed by atoms with Gasteiger partial charge in [0.2, 0.25) is 10.0 Å². The molecule has 9 nitrogen and oxygen atoms in total. The molecule has 0 radical (unpaired) electrons. The third kappa shape index (κ3) is 7.17. The summed E-state index contributed by atoms with van der Waals surface area (Å²) in [5.41, 5.74) is 0.0380. The highest BCUT2D eigenvalue weighted by molar-refractivity contribution is 7.92. The van der Waals surface area contributed by atoms with Crippen LogP contribution < -0.4 is 9.62 Å². The Labute approximate surface area is 190 Å². The molecule has 13 heteroatoms. The number of carbonyl (C=O) groups excluding carboxylic acids is 1. The number of sulfonamides is 1. The van der Waals surface area contributed by atoms with Crippen LogP contribution in [0.15, 0.2) is 23.6 Å². The van der Waals surface area contributed by atoms with Crippen molar-refractivity contribution < 1.29 is 38.4 Å². The minimum Gasteiger partial charge on any atom is -0.390 e. The average molecular weight is 496 g/mol. The number of hydrogen-bond acceptors (Lipinski definition) is 8. The van der Waals surface area contributed by atoms with E-state index in [1.54, 1.807) is 0 Å². The number of hydrogen-bond donors (Lipinski definition) is 3. The predicted molar refractivity (Wildman–Crippen MR) is 117 cm³/mol. The number of aromatic nitrogens is 1. The molecular weight excluding hydrogens is 468 g/mol. The third-order valence-corrected chi connectivity index (χ3v) is 6.81. The van der Waals surface area contributed by atoms with Crippen molar-refractivity contribution in [3.8, 4) is 0 Å². The predicted octanol–water partition coefficient (Wildman–Crippen LogP) is 1.16. The van der Waals surface area contributed by atoms with Crippen LogP contribution in [0.3, 0.4) is 0 Å². The lowest BCUT2D eigenvalue weighted by atomic mass is 9.96. The first-order valence-corrected chi connectivity index (χ1v) is 12.2. The molecule has 1 amide bonds. The van der Waals surface area contributed by atoms with Crippen LogP contribution in [-0.2, 0) is 21.2 Å². The van der Waals surface area contributed by atoms with Crippen LogP contribution in [0.5, 0.6) is 0 Å². The zero-order valence-corrected chi connectivity index (χ0v) is 19.3. The smallest absolute Gasteiger partial charge is 0.271 e. The summed E-state index contributed by atoms with van der Waals surface area (Å²) in [6.45, 7) is 0.140. The van der Waals surface area contributed by atoms with E-state index in [0.29, 0.717) is 6.07 Å². The lowest BCUT2D eigenvalue weighted by molar-refractivity contribution is -0.0177. The Balaban J connectivity index is 0.00000544. The molecule has 2 aromatic rings. The van der Waals surface area contributed by atoms with Gasteiger partial charge in [-0.1, -0.05) is 0 Å². The monoisotopic (exact) mass is 495 g/mol. The molecule has 3 N–H and O–H groups in total. The zero-order chi connectivity index (χ0) is 24.1. The van der Waals surface area contributed by atoms with Gasteiger partial charge in [-0.25, -0.2) is 26.5 Å². The van der Waals surface area contributed by atoms with Crippen molar-refractivity contribution in [1.82, 2.24) is 10.3 Å². The maximum atomic E-state index is 13.6. The number of benzene rings is 1. The molecule has 0 aliphatic rings. The van der Waals surface area contributed by atoms with Crippen molar-refractivity contribution in [2.75, 3.05) is 31.3 Å². The number of halogens is 2. The van der Waals surface area contributed by atoms with E-state index in [0.717, 1.165) is 34.0 Å². The van der Waals surface area contributed by atoms with Crippen LogP contribution in [-0.4, -0.2) is 74.8 Å². The lowest BCUT2D eigenvalue weighted by Gasteiger charge is -2.27. The Morgan fingerprint density at radius 3 is 2.50 bits per heavy atom. The number of carbonyl (C=O) groups is 1. The van der Waals surface area contributed by atoms with E-state index < -0.39 is 45.8 Å². The van der Waals surface area contributed by atoms with Gasteiger partial charge in [0.25, 0.3) is 5.91 Å². The first-order valence-electron chi connectivity index (χ1n) is 9.42. The van der Waals surface area contributed by atoms with Gasteiger partial charge in [0.15, 0.2) is 5.13 Å². The molecule has 2 rings (SSSR count). The van der Waals surface area contributed by atoms with Crippen LogP contribution in [0.25, 0.3) is 0 Å². The summed E-state index contributed by atoms with van der Waals surface area (Å²) in [6, 6.07) is 1.67. The molecule has 0 fully saturated rings. The summed E-state index contributed by atoms with van der Waals surface area (Å²) in [7, 11) is -0.877. The van der Waals surface area contributed by atoms with Crippen molar-refractivity contribution in [1.29, 1.82) is 0 Å². The van der Waals surface area contributed by atoms with E-state index in [4.69, 9.17) is 4.74 Å². The highest BCUT2D eigenvalue weighted by Gasteiger charge is 2.29. The molecular formula is C19H27F2N3O6S2. The highest BCUT2D eigenvalue weighted by atomic mass is 32.2. The number of rotatable bonds is 11. The first-order chi connectivity index (χ1) is 14.9. The van der Waals surface area contributed by atoms with Crippen LogP contribution in [0.1, 0.15) is 23.9 Å². The van der Waals surface area contributed by atoms with Crippen molar-refractivity contribution in [2.45, 2.75) is 31.1 Å². The lowest BCUT2D eigenvalue weighted by Crippen LogP contribution is -2.50. The number of ether oxygens (including phenoxy) is 1. The van der Waals surface area contributed by atoms with Gasteiger partial charge < -0.3 is 20.3 Å². The summed E-state index contributed by atoms with van der Waals surface area (Å²) >= 11 is 0.921. The molecule has 0 bridgehead atoms. The van der Waals surface area contributed by atoms with E-state index in [1.807, 2.05) is 0 Å². The number of aliphatic hydroxyl groups is 2. The fourth-order valence-corrected chi connectivity index (χ4v) is 4.35. The van der Waals surface area contributed by atoms with Crippen molar-refractivity contribution in [3.63, 3.8) is 0 Å². The van der Waals surface area contributed by atoms with Gasteiger partial charge in [-0.05, 0) is 30.5 Å². The van der Waals surface area contributed by atoms with Gasteiger partial charge in [-0.3, -0.25) is 4.79 Å². The van der Waals surface area contributed by atoms with Crippen LogP contribution in [0.4, 0.5) is 13.9 Å². The number of thiazole rings is 1. The molecule has 3 atom stereocenters. The van der Waals surface area contributed by atoms with Gasteiger partial charge in [0.1, 0.15) is 23.4 Å². The number of methoxy groups -OCH3 is 1. The Hall–Kier alpha value is -2.19. The molecule has 0 saturated carbocycles. The second kappa shape index (κ2) is 11.1. The normalized spacial score (nSPS) is 14.6. The topological polar surface area (TPSA) is 129 Å². The van der Waals surface area contributed by atoms with Gasteiger partial charge in [-0.2, -0.15) is 0 Å². The maximum Gasteiger partial charge on any atom is 0.271 e. The first kappa shape index (κ1) is 26.1. The van der Waals surface area contributed by atoms with Gasteiger partial charge in [0.05, 0.1) is 18.4 Å². The van der Waals surface area contributed by atoms with Crippen LogP contribution in [0, 0.1) is 11.6 Å². The second-order valence-corrected chi connectivity index (χ2v) is 10.00. The minimum absolute atomic E-state index is 0. The SMILES string of the molecule is COCCC(O)C(O)C(Cc1cc(F)cc(F)c1)NC(=O)c1csc(N(C)S(C)(=O)=O)n1.[HH]. The van der Waals surface area contributed by atoms with E-state index in [2.05, 4.69) is 10.3 Å². The minimum atomic E-state index is -3.58. The summed E-state index contributed by atoms with van der Waals surface area (Å²) in [4.78, 5) is 16.7. The fourth-order valence-electron chi connectivity index (χ4n) is 2.81. The molecule has 1 heterocycles. The molecule has 1 aromatic heterocycles. The number of amides is 1. The number of nitrogens with one attached hydrogen (secondary N) is 1. The summed E-state index contributed by atoms with van der Waals surface area (Å²) in [6.07, 6.45) is -1.92. The molecule has 0 aliphatic carbocycles. The Morgan fingerprint density at radius 2 is 1.94 bits per heavy atom. The highest BCUT2D eigenvalue weighted by Crippen LogP contribution is 2.22.